The summed E-state index contributed by atoms with van der Waals surface area (Å²) in [5.74, 6) is -7.69. The van der Waals surface area contributed by atoms with Crippen LogP contribution in [0, 0.1) is 5.92 Å². The zero-order valence-corrected chi connectivity index (χ0v) is 37.3. The van der Waals surface area contributed by atoms with Crippen LogP contribution in [0.25, 0.3) is 0 Å². The highest BCUT2D eigenvalue weighted by atomic mass is 79.9. The topological polar surface area (TPSA) is 240 Å². The quantitative estimate of drug-likeness (QED) is 0.0899. The number of hydrogen-bond acceptors (Lipinski definition) is 10. The lowest BCUT2D eigenvalue weighted by Gasteiger charge is -2.27. The lowest BCUT2D eigenvalue weighted by Crippen LogP contribution is -2.59. The molecule has 1 aromatic heterocycles. The molecule has 15 nitrogen and oxygen atoms in total. The van der Waals surface area contributed by atoms with Gasteiger partial charge in [-0.25, -0.2) is 4.79 Å². The number of amides is 5. The molecule has 5 aromatic rings. The fourth-order valence-corrected chi connectivity index (χ4v) is 8.31. The van der Waals surface area contributed by atoms with Crippen molar-refractivity contribution in [1.82, 2.24) is 21.3 Å². The molecule has 8 N–H and O–H groups in total. The van der Waals surface area contributed by atoms with Crippen LogP contribution in [0.5, 0.6) is 0 Å². The van der Waals surface area contributed by atoms with Crippen LogP contribution in [0.4, 0.5) is 5.69 Å². The smallest absolute Gasteiger partial charge is 0.326 e. The Morgan fingerprint density at radius 3 is 1.80 bits per heavy atom. The van der Waals surface area contributed by atoms with E-state index in [-0.39, 0.29) is 37.8 Å². The number of aliphatic hydroxyl groups excluding tert-OH is 2. The van der Waals surface area contributed by atoms with Crippen LogP contribution in [0.3, 0.4) is 0 Å². The fourth-order valence-electron chi connectivity index (χ4n) is 7.30. The lowest BCUT2D eigenvalue weighted by molar-refractivity contribution is -0.144. The lowest BCUT2D eigenvalue weighted by atomic mass is 9.89. The normalized spacial score (nSPS) is 21.7. The number of halogens is 1. The summed E-state index contributed by atoms with van der Waals surface area (Å²) in [6.07, 6.45) is -5.31. The minimum absolute atomic E-state index is 0.00384. The van der Waals surface area contributed by atoms with Crippen LogP contribution >= 0.6 is 27.3 Å². The Balaban J connectivity index is 1.38. The van der Waals surface area contributed by atoms with Gasteiger partial charge in [-0.3, -0.25) is 28.8 Å². The van der Waals surface area contributed by atoms with E-state index < -0.39 is 90.0 Å². The molecule has 7 rings (SSSR count). The maximum Gasteiger partial charge on any atom is 0.326 e. The molecule has 0 unspecified atom stereocenters. The van der Waals surface area contributed by atoms with Crippen molar-refractivity contribution in [1.29, 1.82) is 0 Å². The Morgan fingerprint density at radius 1 is 0.631 bits per heavy atom. The number of fused-ring (bicyclic) bond motifs is 18. The van der Waals surface area contributed by atoms with Gasteiger partial charge in [0.05, 0.1) is 6.04 Å². The van der Waals surface area contributed by atoms with Crippen molar-refractivity contribution >= 4 is 74.2 Å². The molecule has 0 spiro atoms. The number of aliphatic carboxylic acids is 1. The van der Waals surface area contributed by atoms with Crippen LogP contribution in [0.15, 0.2) is 131 Å². The van der Waals surface area contributed by atoms with Crippen LogP contribution in [0.1, 0.15) is 33.6 Å². The van der Waals surface area contributed by atoms with Gasteiger partial charge in [-0.15, -0.1) is 11.3 Å². The van der Waals surface area contributed by atoms with E-state index in [2.05, 4.69) is 42.5 Å². The van der Waals surface area contributed by atoms with E-state index in [0.717, 1.165) is 4.47 Å². The van der Waals surface area contributed by atoms with Crippen molar-refractivity contribution in [3.05, 3.63) is 158 Å². The van der Waals surface area contributed by atoms with E-state index >= 15 is 0 Å². The molecular weight excluding hydrogens is 919 g/mol. The monoisotopic (exact) mass is 965 g/mol. The number of Topliss-reactive ketones (excluding diaryl/α,β-unsaturated/α-hetero) is 1. The molecule has 0 aliphatic carbocycles. The van der Waals surface area contributed by atoms with E-state index in [0.29, 0.717) is 27.1 Å². The maximum absolute atomic E-state index is 14.6. The van der Waals surface area contributed by atoms with E-state index in [1.807, 2.05) is 0 Å². The van der Waals surface area contributed by atoms with Crippen molar-refractivity contribution < 1.29 is 48.9 Å². The third kappa shape index (κ3) is 14.0. The molecule has 338 valence electrons. The molecule has 0 saturated carbocycles. The second kappa shape index (κ2) is 22.9. The fraction of sp³-hybridized carbons (Fsp3) is 0.271. The number of rotatable bonds is 11. The van der Waals surface area contributed by atoms with E-state index in [4.69, 9.17) is 0 Å². The predicted octanol–water partition coefficient (Wildman–Crippen LogP) is 3.30. The third-order valence-corrected chi connectivity index (χ3v) is 12.3. The first-order valence-electron chi connectivity index (χ1n) is 20.8. The number of hydrogen-bond donors (Lipinski definition) is 8. The summed E-state index contributed by atoms with van der Waals surface area (Å²) in [6, 6.07) is 28.7. The SMILES string of the molecule is O=C(N[C@@H](Cc1ccccc1)C(=O)O)[C@H]1CC(=O)[C@H](Cc2ccccc2)NC(=O)[C@@H](Cc2ccc(Br)cc2)NC(=O)[C@H](Cc2cccs2)NC(=O)[C@H](O)[C@@H](O)C(=O)Nc2ccc(cc2)C1. The summed E-state index contributed by atoms with van der Waals surface area (Å²) in [4.78, 5) is 97.3. The van der Waals surface area contributed by atoms with Crippen LogP contribution in [-0.4, -0.2) is 93.0 Å². The number of carbonyl (C=O) groups is 7. The maximum atomic E-state index is 14.6. The first-order chi connectivity index (χ1) is 31.2. The average Bonchev–Trinajstić information content (AvgIpc) is 3.82. The van der Waals surface area contributed by atoms with Crippen molar-refractivity contribution in [2.75, 3.05) is 5.32 Å². The average molecular weight is 967 g/mol. The third-order valence-electron chi connectivity index (χ3n) is 10.8. The van der Waals surface area contributed by atoms with Crippen molar-refractivity contribution in [3.8, 4) is 0 Å². The van der Waals surface area contributed by atoms with Crippen molar-refractivity contribution in [3.63, 3.8) is 0 Å². The Labute approximate surface area is 387 Å². The van der Waals surface area contributed by atoms with Crippen LogP contribution in [-0.2, 0) is 65.7 Å². The second-order valence-corrected chi connectivity index (χ2v) is 17.7. The van der Waals surface area contributed by atoms with Gasteiger partial charge in [0.25, 0.3) is 11.8 Å². The summed E-state index contributed by atoms with van der Waals surface area (Å²) in [7, 11) is 0. The van der Waals surface area contributed by atoms with Crippen LogP contribution < -0.4 is 26.6 Å². The second-order valence-electron chi connectivity index (χ2n) is 15.7. The highest BCUT2D eigenvalue weighted by molar-refractivity contribution is 9.10. The molecule has 0 saturated heterocycles. The predicted molar refractivity (Wildman–Crippen MR) is 245 cm³/mol. The number of thiophene rings is 1. The molecule has 2 aliphatic rings. The van der Waals surface area contributed by atoms with E-state index in [1.165, 1.54) is 23.5 Å². The molecule has 2 aliphatic heterocycles. The van der Waals surface area contributed by atoms with E-state index in [9.17, 15) is 48.9 Å². The van der Waals surface area contributed by atoms with Gasteiger partial charge in [0, 0.05) is 46.6 Å². The summed E-state index contributed by atoms with van der Waals surface area (Å²) < 4.78 is 0.757. The molecule has 0 radical (unpaired) electrons. The molecular formula is C48H48BrN5O10S. The van der Waals surface area contributed by atoms with Gasteiger partial charge >= 0.3 is 5.97 Å². The molecule has 7 atom stereocenters. The molecule has 3 heterocycles. The van der Waals surface area contributed by atoms with Gasteiger partial charge in [0.1, 0.15) is 18.1 Å². The summed E-state index contributed by atoms with van der Waals surface area (Å²) in [5, 5.41) is 46.7. The number of carboxylic acids is 1. The van der Waals surface area contributed by atoms with Crippen molar-refractivity contribution in [2.45, 2.75) is 74.9 Å². The molecule has 4 aromatic carbocycles. The molecule has 65 heavy (non-hydrogen) atoms. The minimum atomic E-state index is -2.32. The van der Waals surface area contributed by atoms with Crippen molar-refractivity contribution in [2.24, 2.45) is 5.92 Å². The van der Waals surface area contributed by atoms with Gasteiger partial charge in [-0.1, -0.05) is 107 Å². The number of benzene rings is 4. The van der Waals surface area contributed by atoms with Gasteiger partial charge < -0.3 is 41.9 Å². The summed E-state index contributed by atoms with van der Waals surface area (Å²) in [5.41, 5.74) is 2.62. The molecule has 2 bridgehead atoms. The summed E-state index contributed by atoms with van der Waals surface area (Å²) in [6.45, 7) is 0. The zero-order valence-electron chi connectivity index (χ0n) is 34.9. The first kappa shape index (κ1) is 47.9. The van der Waals surface area contributed by atoms with Crippen LogP contribution in [0.2, 0.25) is 0 Å². The minimum Gasteiger partial charge on any atom is -0.480 e. The standard InChI is InChI=1S/C48H48BrN5O10S/c49-33-17-13-31(14-18-33)24-37-44(59)51-36(23-28-8-3-1-4-9-28)40(55)26-32(43(58)54-39(48(63)64)25-29-10-5-2-6-11-29)22-30-15-19-34(20-16-30)50-46(61)41(56)42(57)47(62)53-38(45(60)52-37)27-35-12-7-21-65-35/h1-21,32,36-39,41-42,56-57H,22-27H2,(H,50,61)(H,51,59)(H,52,60)(H,53,62)(H,54,58)(H,63,64)/t32-,36+,37-,38+,39+,41-,42-/m1/s1. The Bertz CT molecular complexity index is 2440. The molecule has 5 amide bonds. The largest absolute Gasteiger partial charge is 0.480 e. The number of aliphatic hydroxyl groups is 2. The Hall–Kier alpha value is -6.53. The van der Waals surface area contributed by atoms with Gasteiger partial charge in [-0.05, 0) is 70.8 Å². The van der Waals surface area contributed by atoms with Gasteiger partial charge in [0.2, 0.25) is 17.7 Å². The van der Waals surface area contributed by atoms with Gasteiger partial charge in [0.15, 0.2) is 18.0 Å². The first-order valence-corrected chi connectivity index (χ1v) is 22.5. The number of ketones is 1. The molecule has 17 heteroatoms. The highest BCUT2D eigenvalue weighted by Gasteiger charge is 2.36. The number of carboxylic acid groups (broad SMARTS) is 1. The van der Waals surface area contributed by atoms with E-state index in [1.54, 1.807) is 115 Å². The van der Waals surface area contributed by atoms with Gasteiger partial charge in [-0.2, -0.15) is 0 Å². The number of carbonyl (C=O) groups excluding carboxylic acids is 6. The Kier molecular flexibility index (Phi) is 16.9. The number of nitrogens with one attached hydrogen (secondary N) is 5. The Morgan fingerprint density at radius 2 is 1.18 bits per heavy atom. The highest BCUT2D eigenvalue weighted by Crippen LogP contribution is 2.21. The zero-order chi connectivity index (χ0) is 46.5. The summed E-state index contributed by atoms with van der Waals surface area (Å²) >= 11 is 4.69. The molecule has 0 fully saturated rings. The number of anilines is 1.